The number of ether oxygens (including phenoxy) is 3. The van der Waals surface area contributed by atoms with Crippen LogP contribution in [0, 0.1) is 0 Å². The summed E-state index contributed by atoms with van der Waals surface area (Å²) in [6, 6.07) is 21.5. The minimum absolute atomic E-state index is 0.273. The lowest BCUT2D eigenvalue weighted by atomic mass is 10.2. The number of rotatable bonds is 10. The zero-order valence-corrected chi connectivity index (χ0v) is 18.3. The molecule has 1 N–H and O–H groups in total. The molecule has 0 bridgehead atoms. The van der Waals surface area contributed by atoms with Gasteiger partial charge in [-0.2, -0.15) is 0 Å². The molecule has 3 aromatic carbocycles. The van der Waals surface area contributed by atoms with Crippen LogP contribution in [0.2, 0.25) is 0 Å². The van der Waals surface area contributed by atoms with E-state index in [0.717, 1.165) is 11.1 Å². The maximum atomic E-state index is 12.0. The van der Waals surface area contributed by atoms with E-state index in [1.54, 1.807) is 49.6 Å². The zero-order valence-electron chi connectivity index (χ0n) is 18.3. The van der Waals surface area contributed by atoms with Gasteiger partial charge in [0.25, 0.3) is 5.91 Å². The number of nitrogens with zero attached hydrogens (tertiary/aromatic N) is 1. The number of anilines is 1. The third-order valence-electron chi connectivity index (χ3n) is 4.49. The fraction of sp³-hybridized carbons (Fsp3) is 0.160. The second kappa shape index (κ2) is 11.9. The second-order valence-electron chi connectivity index (χ2n) is 6.81. The van der Waals surface area contributed by atoms with E-state index < -0.39 is 5.97 Å². The topological polar surface area (TPSA) is 95.5 Å². The molecule has 0 aliphatic rings. The number of methoxy groups -OCH3 is 2. The second-order valence-corrected chi connectivity index (χ2v) is 6.81. The van der Waals surface area contributed by atoms with E-state index in [9.17, 15) is 9.59 Å². The van der Waals surface area contributed by atoms with Crippen LogP contribution in [0.25, 0.3) is 0 Å². The highest BCUT2D eigenvalue weighted by atomic mass is 16.6. The molecule has 3 rings (SSSR count). The summed E-state index contributed by atoms with van der Waals surface area (Å²) in [6.45, 7) is 0.152. The van der Waals surface area contributed by atoms with Gasteiger partial charge < -0.3 is 24.4 Å². The van der Waals surface area contributed by atoms with Crippen LogP contribution in [-0.2, 0) is 21.0 Å². The molecular weight excluding hydrogens is 424 g/mol. The lowest BCUT2D eigenvalue weighted by Gasteiger charge is -2.11. The Morgan fingerprint density at radius 3 is 2.39 bits per heavy atom. The molecule has 0 atom stereocenters. The number of nitrogens with one attached hydrogen (secondary N) is 1. The molecule has 170 valence electrons. The molecule has 0 aliphatic carbocycles. The Labute approximate surface area is 191 Å². The van der Waals surface area contributed by atoms with Crippen molar-refractivity contribution in [3.63, 3.8) is 0 Å². The van der Waals surface area contributed by atoms with Crippen LogP contribution < -0.4 is 14.8 Å². The third-order valence-corrected chi connectivity index (χ3v) is 4.49. The third kappa shape index (κ3) is 7.10. The van der Waals surface area contributed by atoms with Gasteiger partial charge in [-0.15, -0.1) is 0 Å². The summed E-state index contributed by atoms with van der Waals surface area (Å²) >= 11 is 0. The number of hydrogen-bond acceptors (Lipinski definition) is 7. The van der Waals surface area contributed by atoms with Gasteiger partial charge in [-0.1, -0.05) is 35.5 Å². The molecule has 0 heterocycles. The molecule has 3 aromatic rings. The molecule has 0 aliphatic heterocycles. The maximum Gasteiger partial charge on any atom is 0.337 e. The molecule has 8 heteroatoms. The maximum absolute atomic E-state index is 12.0. The van der Waals surface area contributed by atoms with Crippen molar-refractivity contribution in [2.75, 3.05) is 26.1 Å². The molecule has 0 saturated heterocycles. The summed E-state index contributed by atoms with van der Waals surface area (Å²) in [5, 5.41) is 6.48. The standard InChI is InChI=1S/C25H24N2O6/c1-30-23-14-19(8-13-22(23)32-16-18-6-4-3-5-7-18)15-26-33-17-24(28)27-21-11-9-20(10-12-21)25(29)31-2/h3-15H,16-17H2,1-2H3,(H,27,28)/b26-15+. The molecule has 8 nitrogen and oxygen atoms in total. The zero-order chi connectivity index (χ0) is 23.5. The quantitative estimate of drug-likeness (QED) is 0.286. The SMILES string of the molecule is COC(=O)c1ccc(NC(=O)CO/N=C/c2ccc(OCc3ccccc3)c(OC)c2)cc1. The van der Waals surface area contributed by atoms with E-state index in [1.807, 2.05) is 30.3 Å². The summed E-state index contributed by atoms with van der Waals surface area (Å²) in [7, 11) is 2.87. The summed E-state index contributed by atoms with van der Waals surface area (Å²) in [4.78, 5) is 28.5. The molecular formula is C25H24N2O6. The highest BCUT2D eigenvalue weighted by molar-refractivity contribution is 5.93. The number of hydrogen-bond donors (Lipinski definition) is 1. The van der Waals surface area contributed by atoms with Crippen molar-refractivity contribution >= 4 is 23.8 Å². The van der Waals surface area contributed by atoms with Crippen molar-refractivity contribution in [1.29, 1.82) is 0 Å². The average molecular weight is 448 g/mol. The van der Waals surface area contributed by atoms with Crippen LogP contribution in [0.3, 0.4) is 0 Å². The number of esters is 1. The molecule has 0 aromatic heterocycles. The molecule has 0 unspecified atom stereocenters. The summed E-state index contributed by atoms with van der Waals surface area (Å²) in [6.07, 6.45) is 1.47. The Morgan fingerprint density at radius 1 is 0.939 bits per heavy atom. The van der Waals surface area contributed by atoms with Gasteiger partial charge in [0, 0.05) is 11.3 Å². The monoisotopic (exact) mass is 448 g/mol. The van der Waals surface area contributed by atoms with Gasteiger partial charge in [-0.3, -0.25) is 4.79 Å². The molecule has 0 fully saturated rings. The van der Waals surface area contributed by atoms with Gasteiger partial charge >= 0.3 is 5.97 Å². The fourth-order valence-electron chi connectivity index (χ4n) is 2.82. The summed E-state index contributed by atoms with van der Waals surface area (Å²) in [5.41, 5.74) is 2.69. The first-order valence-corrected chi connectivity index (χ1v) is 10.1. The van der Waals surface area contributed by atoms with E-state index >= 15 is 0 Å². The highest BCUT2D eigenvalue weighted by Gasteiger charge is 2.08. The van der Waals surface area contributed by atoms with Crippen LogP contribution in [0.5, 0.6) is 11.5 Å². The van der Waals surface area contributed by atoms with E-state index in [1.165, 1.54) is 13.3 Å². The predicted molar refractivity (Wildman–Crippen MR) is 124 cm³/mol. The smallest absolute Gasteiger partial charge is 0.337 e. The van der Waals surface area contributed by atoms with Crippen LogP contribution in [-0.4, -0.2) is 38.9 Å². The Hall–Kier alpha value is -4.33. The van der Waals surface area contributed by atoms with Gasteiger partial charge in [0.05, 0.1) is 26.0 Å². The largest absolute Gasteiger partial charge is 0.493 e. The lowest BCUT2D eigenvalue weighted by molar-refractivity contribution is -0.120. The Kier molecular flexibility index (Phi) is 8.41. The van der Waals surface area contributed by atoms with Crippen molar-refractivity contribution in [3.8, 4) is 11.5 Å². The van der Waals surface area contributed by atoms with E-state index in [4.69, 9.17) is 14.3 Å². The van der Waals surface area contributed by atoms with Crippen molar-refractivity contribution in [3.05, 3.63) is 89.5 Å². The molecule has 33 heavy (non-hydrogen) atoms. The Balaban J connectivity index is 1.48. The first-order valence-electron chi connectivity index (χ1n) is 10.1. The van der Waals surface area contributed by atoms with E-state index in [-0.39, 0.29) is 12.5 Å². The minimum Gasteiger partial charge on any atom is -0.493 e. The van der Waals surface area contributed by atoms with Gasteiger partial charge in [0.15, 0.2) is 18.1 Å². The van der Waals surface area contributed by atoms with Gasteiger partial charge in [-0.25, -0.2) is 4.79 Å². The van der Waals surface area contributed by atoms with Crippen LogP contribution >= 0.6 is 0 Å². The van der Waals surface area contributed by atoms with Gasteiger partial charge in [0.2, 0.25) is 0 Å². The van der Waals surface area contributed by atoms with E-state index in [0.29, 0.717) is 29.4 Å². The number of carbonyl (C=O) groups is 2. The van der Waals surface area contributed by atoms with E-state index in [2.05, 4.69) is 15.2 Å². The molecule has 0 radical (unpaired) electrons. The van der Waals surface area contributed by atoms with Crippen molar-refractivity contribution in [2.24, 2.45) is 5.16 Å². The Morgan fingerprint density at radius 2 is 1.70 bits per heavy atom. The first-order chi connectivity index (χ1) is 16.1. The number of amides is 1. The van der Waals surface area contributed by atoms with Gasteiger partial charge in [-0.05, 0) is 48.0 Å². The molecule has 1 amide bonds. The van der Waals surface area contributed by atoms with Crippen LogP contribution in [0.15, 0.2) is 78.0 Å². The average Bonchev–Trinajstić information content (AvgIpc) is 2.86. The predicted octanol–water partition coefficient (Wildman–Crippen LogP) is 4.05. The number of carbonyl (C=O) groups excluding carboxylic acids is 2. The van der Waals surface area contributed by atoms with Crippen LogP contribution in [0.4, 0.5) is 5.69 Å². The van der Waals surface area contributed by atoms with Crippen molar-refractivity contribution in [2.45, 2.75) is 6.61 Å². The Bertz CT molecular complexity index is 1100. The van der Waals surface area contributed by atoms with Crippen molar-refractivity contribution < 1.29 is 28.6 Å². The first kappa shape index (κ1) is 23.3. The fourth-order valence-corrected chi connectivity index (χ4v) is 2.82. The minimum atomic E-state index is -0.446. The molecule has 0 saturated carbocycles. The van der Waals surface area contributed by atoms with Crippen molar-refractivity contribution in [1.82, 2.24) is 0 Å². The van der Waals surface area contributed by atoms with Gasteiger partial charge in [0.1, 0.15) is 6.61 Å². The molecule has 0 spiro atoms. The number of oxime groups is 1. The lowest BCUT2D eigenvalue weighted by Crippen LogP contribution is -2.17. The summed E-state index contributed by atoms with van der Waals surface area (Å²) < 4.78 is 15.9. The number of benzene rings is 3. The highest BCUT2D eigenvalue weighted by Crippen LogP contribution is 2.28. The normalized spacial score (nSPS) is 10.5. The summed E-state index contributed by atoms with van der Waals surface area (Å²) in [5.74, 6) is 0.332. The van der Waals surface area contributed by atoms with Crippen LogP contribution in [0.1, 0.15) is 21.5 Å².